The van der Waals surface area contributed by atoms with Crippen molar-refractivity contribution in [1.82, 2.24) is 4.31 Å². The van der Waals surface area contributed by atoms with E-state index in [2.05, 4.69) is 25.1 Å². The number of benzene rings is 2. The summed E-state index contributed by atoms with van der Waals surface area (Å²) >= 11 is 0. The standard InChI is InChI=1S/C24H30N2O3S/c1-19-7-13-23-21(18-19)6-5-17-26(23)24(27)14-10-20-8-11-22(12-9-20)30(28,29)25-15-3-2-4-16-25/h7-9,11-13,18H,2-6,10,14-17H2,1H3. The van der Waals surface area contributed by atoms with E-state index in [0.717, 1.165) is 49.9 Å². The Balaban J connectivity index is 1.40. The Morgan fingerprint density at radius 1 is 0.933 bits per heavy atom. The Hall–Kier alpha value is -2.18. The highest BCUT2D eigenvalue weighted by Crippen LogP contribution is 2.29. The Kier molecular flexibility index (Phi) is 6.25. The van der Waals surface area contributed by atoms with Crippen molar-refractivity contribution in [3.05, 3.63) is 59.2 Å². The third kappa shape index (κ3) is 4.44. The molecule has 0 saturated carbocycles. The van der Waals surface area contributed by atoms with Gasteiger partial charge in [0.2, 0.25) is 15.9 Å². The molecular weight excluding hydrogens is 396 g/mol. The number of fused-ring (bicyclic) bond motifs is 1. The maximum atomic E-state index is 12.9. The van der Waals surface area contributed by atoms with Crippen molar-refractivity contribution in [2.24, 2.45) is 0 Å². The van der Waals surface area contributed by atoms with Gasteiger partial charge in [0.15, 0.2) is 0 Å². The van der Waals surface area contributed by atoms with E-state index in [1.54, 1.807) is 16.4 Å². The summed E-state index contributed by atoms with van der Waals surface area (Å²) in [5.41, 5.74) is 4.51. The van der Waals surface area contributed by atoms with Crippen molar-refractivity contribution in [3.8, 4) is 0 Å². The third-order valence-electron chi connectivity index (χ3n) is 6.16. The first-order valence-electron chi connectivity index (χ1n) is 10.9. The zero-order valence-corrected chi connectivity index (χ0v) is 18.5. The number of nitrogens with zero attached hydrogens (tertiary/aromatic N) is 2. The molecule has 0 aliphatic carbocycles. The van der Waals surface area contributed by atoms with E-state index in [-0.39, 0.29) is 5.91 Å². The maximum absolute atomic E-state index is 12.9. The predicted molar refractivity (Wildman–Crippen MR) is 119 cm³/mol. The summed E-state index contributed by atoms with van der Waals surface area (Å²) in [6.45, 7) is 4.06. The van der Waals surface area contributed by atoms with E-state index < -0.39 is 10.0 Å². The van der Waals surface area contributed by atoms with Gasteiger partial charge in [0, 0.05) is 31.7 Å². The van der Waals surface area contributed by atoms with Crippen LogP contribution in [0.2, 0.25) is 0 Å². The molecular formula is C24H30N2O3S. The average Bonchev–Trinajstić information content (AvgIpc) is 2.77. The number of aryl methyl sites for hydroxylation is 3. The first-order valence-corrected chi connectivity index (χ1v) is 12.4. The number of amides is 1. The lowest BCUT2D eigenvalue weighted by Gasteiger charge is -2.30. The minimum atomic E-state index is -3.41. The molecule has 6 heteroatoms. The molecule has 0 bridgehead atoms. The fourth-order valence-electron chi connectivity index (χ4n) is 4.45. The summed E-state index contributed by atoms with van der Waals surface area (Å²) in [7, 11) is -3.41. The van der Waals surface area contributed by atoms with Crippen LogP contribution in [0.3, 0.4) is 0 Å². The van der Waals surface area contributed by atoms with E-state index in [0.29, 0.717) is 30.8 Å². The van der Waals surface area contributed by atoms with Crippen molar-refractivity contribution < 1.29 is 13.2 Å². The quantitative estimate of drug-likeness (QED) is 0.724. The zero-order valence-electron chi connectivity index (χ0n) is 17.6. The van der Waals surface area contributed by atoms with E-state index >= 15 is 0 Å². The second-order valence-corrected chi connectivity index (χ2v) is 10.3. The fourth-order valence-corrected chi connectivity index (χ4v) is 5.97. The number of hydrogen-bond acceptors (Lipinski definition) is 3. The first kappa shape index (κ1) is 21.1. The fraction of sp³-hybridized carbons (Fsp3) is 0.458. The van der Waals surface area contributed by atoms with Gasteiger partial charge in [0.05, 0.1) is 4.90 Å². The van der Waals surface area contributed by atoms with Gasteiger partial charge in [-0.25, -0.2) is 8.42 Å². The lowest BCUT2D eigenvalue weighted by atomic mass is 9.99. The van der Waals surface area contributed by atoms with Crippen LogP contribution >= 0.6 is 0 Å². The van der Waals surface area contributed by atoms with Crippen molar-refractivity contribution in [2.75, 3.05) is 24.5 Å². The normalized spacial score (nSPS) is 17.6. The van der Waals surface area contributed by atoms with Gasteiger partial charge in [-0.15, -0.1) is 0 Å². The summed E-state index contributed by atoms with van der Waals surface area (Å²) in [6, 6.07) is 13.4. The molecule has 1 saturated heterocycles. The van der Waals surface area contributed by atoms with Crippen molar-refractivity contribution >= 4 is 21.6 Å². The van der Waals surface area contributed by atoms with Crippen molar-refractivity contribution in [3.63, 3.8) is 0 Å². The molecule has 2 aliphatic heterocycles. The Morgan fingerprint density at radius 3 is 2.40 bits per heavy atom. The molecule has 0 unspecified atom stereocenters. The smallest absolute Gasteiger partial charge is 0.243 e. The molecule has 1 amide bonds. The molecule has 0 N–H and O–H groups in total. The Morgan fingerprint density at radius 2 is 1.67 bits per heavy atom. The molecule has 160 valence electrons. The first-order chi connectivity index (χ1) is 14.4. The Labute approximate surface area is 179 Å². The molecule has 2 aromatic carbocycles. The molecule has 30 heavy (non-hydrogen) atoms. The van der Waals surface area contributed by atoms with Crippen LogP contribution in [0.5, 0.6) is 0 Å². The summed E-state index contributed by atoms with van der Waals surface area (Å²) in [6.07, 6.45) is 6.00. The van der Waals surface area contributed by atoms with Gasteiger partial charge in [-0.05, 0) is 68.4 Å². The van der Waals surface area contributed by atoms with Gasteiger partial charge in [-0.1, -0.05) is 36.2 Å². The van der Waals surface area contributed by atoms with Gasteiger partial charge in [0.25, 0.3) is 0 Å². The molecule has 5 nitrogen and oxygen atoms in total. The summed E-state index contributed by atoms with van der Waals surface area (Å²) in [5.74, 6) is 0.129. The highest BCUT2D eigenvalue weighted by atomic mass is 32.2. The zero-order chi connectivity index (χ0) is 21.1. The molecule has 2 heterocycles. The number of carbonyl (C=O) groups is 1. The summed E-state index contributed by atoms with van der Waals surface area (Å²) in [5, 5.41) is 0. The minimum absolute atomic E-state index is 0.129. The third-order valence-corrected chi connectivity index (χ3v) is 8.07. The van der Waals surface area contributed by atoms with Crippen LogP contribution in [-0.4, -0.2) is 38.3 Å². The van der Waals surface area contributed by atoms with Gasteiger partial charge < -0.3 is 4.90 Å². The van der Waals surface area contributed by atoms with E-state index in [4.69, 9.17) is 0 Å². The lowest BCUT2D eigenvalue weighted by Crippen LogP contribution is -2.35. The van der Waals surface area contributed by atoms with Crippen LogP contribution in [0, 0.1) is 6.92 Å². The lowest BCUT2D eigenvalue weighted by molar-refractivity contribution is -0.118. The number of carbonyl (C=O) groups excluding carboxylic acids is 1. The van der Waals surface area contributed by atoms with Gasteiger partial charge in [-0.3, -0.25) is 4.79 Å². The van der Waals surface area contributed by atoms with Gasteiger partial charge in [0.1, 0.15) is 0 Å². The average molecular weight is 427 g/mol. The SMILES string of the molecule is Cc1ccc2c(c1)CCCN2C(=O)CCc1ccc(S(=O)(=O)N2CCCCC2)cc1. The van der Waals surface area contributed by atoms with Crippen LogP contribution in [-0.2, 0) is 27.7 Å². The van der Waals surface area contributed by atoms with Crippen LogP contribution in [0.1, 0.15) is 48.8 Å². The number of sulfonamides is 1. The molecule has 0 aromatic heterocycles. The summed E-state index contributed by atoms with van der Waals surface area (Å²) < 4.78 is 27.1. The Bertz CT molecular complexity index is 1010. The van der Waals surface area contributed by atoms with Gasteiger partial charge in [-0.2, -0.15) is 4.31 Å². The number of piperidine rings is 1. The van der Waals surface area contributed by atoms with E-state index in [1.165, 1.54) is 11.1 Å². The largest absolute Gasteiger partial charge is 0.312 e. The predicted octanol–water partition coefficient (Wildman–Crippen LogP) is 4.08. The van der Waals surface area contributed by atoms with Crippen LogP contribution in [0.15, 0.2) is 47.4 Å². The number of rotatable bonds is 5. The highest BCUT2D eigenvalue weighted by Gasteiger charge is 2.26. The molecule has 1 fully saturated rings. The van der Waals surface area contributed by atoms with Gasteiger partial charge >= 0.3 is 0 Å². The molecule has 0 atom stereocenters. The van der Waals surface area contributed by atoms with Crippen LogP contribution in [0.4, 0.5) is 5.69 Å². The monoisotopic (exact) mass is 426 g/mol. The van der Waals surface area contributed by atoms with Crippen LogP contribution in [0.25, 0.3) is 0 Å². The van der Waals surface area contributed by atoms with Crippen molar-refractivity contribution in [2.45, 2.75) is 56.8 Å². The topological polar surface area (TPSA) is 57.7 Å². The maximum Gasteiger partial charge on any atom is 0.243 e. The van der Waals surface area contributed by atoms with E-state index in [1.807, 2.05) is 17.0 Å². The molecule has 0 radical (unpaired) electrons. The molecule has 2 aliphatic rings. The van der Waals surface area contributed by atoms with Crippen molar-refractivity contribution in [1.29, 1.82) is 0 Å². The second kappa shape index (κ2) is 8.90. The summed E-state index contributed by atoms with van der Waals surface area (Å²) in [4.78, 5) is 15.1. The molecule has 2 aromatic rings. The minimum Gasteiger partial charge on any atom is -0.312 e. The second-order valence-electron chi connectivity index (χ2n) is 8.39. The number of anilines is 1. The molecule has 0 spiro atoms. The van der Waals surface area contributed by atoms with Crippen LogP contribution < -0.4 is 4.90 Å². The molecule has 4 rings (SSSR count). The van der Waals surface area contributed by atoms with E-state index in [9.17, 15) is 13.2 Å². The highest BCUT2D eigenvalue weighted by molar-refractivity contribution is 7.89. The number of hydrogen-bond donors (Lipinski definition) is 0.